The standard InChI is InChI=1S/C13H16F5N3O4S/c1-11(2)12(3,9(20-25-11)26(5,22)23)6-7(13(16,17)18)19-21(4)8(6)24-10(14)15/h10H,1-5H3. The third-order valence-electron chi connectivity index (χ3n) is 4.30. The molecule has 0 spiro atoms. The molecule has 2 heterocycles. The van der Waals surface area contributed by atoms with Crippen molar-refractivity contribution in [2.75, 3.05) is 6.26 Å². The summed E-state index contributed by atoms with van der Waals surface area (Å²) in [5, 5.41) is 5.92. The number of hydrogen-bond donors (Lipinski definition) is 0. The Bertz CT molecular complexity index is 860. The van der Waals surface area contributed by atoms with E-state index in [1.807, 2.05) is 0 Å². The Balaban J connectivity index is 2.93. The molecule has 1 unspecified atom stereocenters. The zero-order chi connectivity index (χ0) is 20.3. The fourth-order valence-electron chi connectivity index (χ4n) is 2.82. The summed E-state index contributed by atoms with van der Waals surface area (Å²) in [6.45, 7) is 0.213. The topological polar surface area (TPSA) is 82.8 Å². The number of oxime groups is 1. The number of alkyl halides is 5. The van der Waals surface area contributed by atoms with Crippen molar-refractivity contribution >= 4 is 14.9 Å². The van der Waals surface area contributed by atoms with Gasteiger partial charge in [-0.25, -0.2) is 13.1 Å². The van der Waals surface area contributed by atoms with Crippen LogP contribution in [0, 0.1) is 0 Å². The second-order valence-corrected chi connectivity index (χ2v) is 8.35. The van der Waals surface area contributed by atoms with Crippen molar-refractivity contribution < 1.29 is 39.9 Å². The third kappa shape index (κ3) is 3.01. The zero-order valence-corrected chi connectivity index (χ0v) is 15.2. The molecule has 0 fully saturated rings. The van der Waals surface area contributed by atoms with Crippen molar-refractivity contribution in [3.05, 3.63) is 11.3 Å². The Kier molecular flexibility index (Phi) is 4.54. The maximum atomic E-state index is 13.5. The van der Waals surface area contributed by atoms with Crippen LogP contribution in [-0.4, -0.2) is 41.7 Å². The molecule has 1 aromatic heterocycles. The van der Waals surface area contributed by atoms with Gasteiger partial charge in [0.05, 0.1) is 11.0 Å². The fraction of sp³-hybridized carbons (Fsp3) is 0.692. The third-order valence-corrected chi connectivity index (χ3v) is 5.49. The van der Waals surface area contributed by atoms with Gasteiger partial charge >= 0.3 is 12.8 Å². The molecule has 0 radical (unpaired) electrons. The predicted molar refractivity (Wildman–Crippen MR) is 79.6 cm³/mol. The summed E-state index contributed by atoms with van der Waals surface area (Å²) in [5.41, 5.74) is -6.17. The van der Waals surface area contributed by atoms with Crippen LogP contribution in [0.2, 0.25) is 0 Å². The van der Waals surface area contributed by atoms with Gasteiger partial charge in [-0.1, -0.05) is 5.16 Å². The highest BCUT2D eigenvalue weighted by Crippen LogP contribution is 2.52. The zero-order valence-electron chi connectivity index (χ0n) is 14.4. The van der Waals surface area contributed by atoms with Gasteiger partial charge in [0.15, 0.2) is 20.6 Å². The summed E-state index contributed by atoms with van der Waals surface area (Å²) in [7, 11) is -3.18. The van der Waals surface area contributed by atoms with Gasteiger partial charge in [0.2, 0.25) is 5.88 Å². The van der Waals surface area contributed by atoms with E-state index < -0.39 is 55.8 Å². The molecular formula is C13H16F5N3O4S. The average Bonchev–Trinajstić information content (AvgIpc) is 2.85. The van der Waals surface area contributed by atoms with Gasteiger partial charge in [-0.2, -0.15) is 27.1 Å². The van der Waals surface area contributed by atoms with Gasteiger partial charge in [0.25, 0.3) is 0 Å². The van der Waals surface area contributed by atoms with E-state index in [2.05, 4.69) is 15.0 Å². The van der Waals surface area contributed by atoms with E-state index in [4.69, 9.17) is 4.84 Å². The van der Waals surface area contributed by atoms with E-state index >= 15 is 0 Å². The van der Waals surface area contributed by atoms with Crippen LogP contribution in [-0.2, 0) is 33.3 Å². The summed E-state index contributed by atoms with van der Waals surface area (Å²) in [4.78, 5) is 5.05. The molecule has 1 aliphatic rings. The second kappa shape index (κ2) is 5.79. The van der Waals surface area contributed by atoms with Crippen molar-refractivity contribution in [2.45, 2.75) is 44.6 Å². The molecule has 13 heteroatoms. The van der Waals surface area contributed by atoms with Crippen LogP contribution >= 0.6 is 0 Å². The van der Waals surface area contributed by atoms with E-state index in [1.54, 1.807) is 0 Å². The summed E-state index contributed by atoms with van der Waals surface area (Å²) in [6.07, 6.45) is -4.34. The maximum Gasteiger partial charge on any atom is 0.435 e. The molecule has 7 nitrogen and oxygen atoms in total. The van der Waals surface area contributed by atoms with Crippen LogP contribution in [0.5, 0.6) is 5.88 Å². The monoisotopic (exact) mass is 405 g/mol. The van der Waals surface area contributed by atoms with Crippen LogP contribution in [0.3, 0.4) is 0 Å². The van der Waals surface area contributed by atoms with E-state index in [0.717, 1.165) is 20.2 Å². The number of hydrogen-bond acceptors (Lipinski definition) is 6. The smallest absolute Gasteiger partial charge is 0.417 e. The first-order chi connectivity index (χ1) is 11.5. The lowest BCUT2D eigenvalue weighted by Gasteiger charge is -2.36. The molecule has 0 bridgehead atoms. The number of rotatable bonds is 3. The Morgan fingerprint density at radius 2 is 1.77 bits per heavy atom. The highest BCUT2D eigenvalue weighted by atomic mass is 32.2. The molecule has 0 saturated carbocycles. The van der Waals surface area contributed by atoms with Crippen molar-refractivity contribution in [2.24, 2.45) is 12.2 Å². The lowest BCUT2D eigenvalue weighted by Crippen LogP contribution is -2.50. The summed E-state index contributed by atoms with van der Waals surface area (Å²) in [5.74, 6) is -0.926. The number of aromatic nitrogens is 2. The van der Waals surface area contributed by atoms with Crippen LogP contribution in [0.15, 0.2) is 5.16 Å². The van der Waals surface area contributed by atoms with Gasteiger partial charge in [-0.15, -0.1) is 0 Å². The largest absolute Gasteiger partial charge is 0.435 e. The molecule has 148 valence electrons. The predicted octanol–water partition coefficient (Wildman–Crippen LogP) is 2.46. The van der Waals surface area contributed by atoms with Crippen molar-refractivity contribution in [1.82, 2.24) is 9.78 Å². The van der Waals surface area contributed by atoms with Crippen LogP contribution < -0.4 is 4.74 Å². The molecular weight excluding hydrogens is 389 g/mol. The summed E-state index contributed by atoms with van der Waals surface area (Å²) in [6, 6.07) is 0. The van der Waals surface area contributed by atoms with Crippen LogP contribution in [0.1, 0.15) is 32.0 Å². The van der Waals surface area contributed by atoms with Crippen LogP contribution in [0.25, 0.3) is 0 Å². The minimum absolute atomic E-state index is 0.476. The molecule has 0 aliphatic carbocycles. The van der Waals surface area contributed by atoms with Crippen molar-refractivity contribution in [3.63, 3.8) is 0 Å². The Morgan fingerprint density at radius 1 is 1.23 bits per heavy atom. The van der Waals surface area contributed by atoms with Crippen molar-refractivity contribution in [1.29, 1.82) is 0 Å². The lowest BCUT2D eigenvalue weighted by molar-refractivity contribution is -0.143. The Hall–Kier alpha value is -1.92. The molecule has 0 N–H and O–H groups in total. The minimum Gasteiger partial charge on any atom is -0.417 e. The highest BCUT2D eigenvalue weighted by molar-refractivity contribution is 8.06. The molecule has 2 rings (SSSR count). The van der Waals surface area contributed by atoms with Crippen molar-refractivity contribution in [3.8, 4) is 5.88 Å². The lowest BCUT2D eigenvalue weighted by atomic mass is 9.71. The van der Waals surface area contributed by atoms with E-state index in [0.29, 0.717) is 4.68 Å². The van der Waals surface area contributed by atoms with Gasteiger partial charge in [0.1, 0.15) is 5.60 Å². The molecule has 0 saturated heterocycles. The maximum absolute atomic E-state index is 13.5. The Morgan fingerprint density at radius 3 is 2.19 bits per heavy atom. The van der Waals surface area contributed by atoms with E-state index in [-0.39, 0.29) is 0 Å². The number of ether oxygens (including phenoxy) is 1. The molecule has 1 aromatic rings. The molecule has 0 amide bonds. The van der Waals surface area contributed by atoms with Gasteiger partial charge in [-0.3, -0.25) is 0 Å². The van der Waals surface area contributed by atoms with Crippen LogP contribution in [0.4, 0.5) is 22.0 Å². The van der Waals surface area contributed by atoms with Gasteiger partial charge < -0.3 is 9.57 Å². The SMILES string of the molecule is Cn1nc(C(F)(F)F)c(C2(C)C(S(C)(=O)=O)=NOC2(C)C)c1OC(F)F. The average molecular weight is 405 g/mol. The number of nitrogens with zero attached hydrogens (tertiary/aromatic N) is 3. The summed E-state index contributed by atoms with van der Waals surface area (Å²) >= 11 is 0. The summed E-state index contributed by atoms with van der Waals surface area (Å²) < 4.78 is 95.1. The molecule has 1 atom stereocenters. The molecule has 26 heavy (non-hydrogen) atoms. The number of halogens is 5. The molecule has 0 aromatic carbocycles. The number of aryl methyl sites for hydroxylation is 1. The Labute approximate surface area is 145 Å². The number of sulfone groups is 1. The van der Waals surface area contributed by atoms with E-state index in [1.165, 1.54) is 13.8 Å². The van der Waals surface area contributed by atoms with Gasteiger partial charge in [-0.05, 0) is 20.8 Å². The van der Waals surface area contributed by atoms with Gasteiger partial charge in [0, 0.05) is 13.3 Å². The first-order valence-electron chi connectivity index (χ1n) is 7.09. The normalized spacial score (nSPS) is 23.1. The quantitative estimate of drug-likeness (QED) is 0.722. The first kappa shape index (κ1) is 20.4. The molecule has 1 aliphatic heterocycles. The fourth-order valence-corrected chi connectivity index (χ4v) is 4.08. The minimum atomic E-state index is -5.07. The first-order valence-corrected chi connectivity index (χ1v) is 8.99. The second-order valence-electron chi connectivity index (χ2n) is 6.42. The highest BCUT2D eigenvalue weighted by Gasteiger charge is 2.62. The van der Waals surface area contributed by atoms with E-state index in [9.17, 15) is 30.4 Å².